The molecule has 0 saturated heterocycles. The van der Waals surface area contributed by atoms with Crippen LogP contribution in [0.15, 0.2) is 18.2 Å². The van der Waals surface area contributed by atoms with E-state index in [1.807, 2.05) is 0 Å². The first-order valence-corrected chi connectivity index (χ1v) is 4.61. The largest absolute Gasteiger partial charge is 0.465 e. The van der Waals surface area contributed by atoms with Gasteiger partial charge in [-0.25, -0.2) is 4.79 Å². The van der Waals surface area contributed by atoms with Crippen molar-refractivity contribution in [3.05, 3.63) is 39.5 Å². The smallest absolute Gasteiger partial charge is 0.337 e. The van der Waals surface area contributed by atoms with Crippen molar-refractivity contribution in [3.8, 4) is 0 Å². The molecule has 0 aromatic heterocycles. The van der Waals surface area contributed by atoms with Crippen LogP contribution in [0.5, 0.6) is 0 Å². The molecule has 0 saturated carbocycles. The molecule has 0 aliphatic heterocycles. The molecule has 1 radical (unpaired) electrons. The van der Waals surface area contributed by atoms with Gasteiger partial charge in [0, 0.05) is 3.57 Å². The van der Waals surface area contributed by atoms with E-state index in [2.05, 4.69) is 27.3 Å². The van der Waals surface area contributed by atoms with Gasteiger partial charge >= 0.3 is 5.97 Å². The van der Waals surface area contributed by atoms with E-state index in [0.29, 0.717) is 11.1 Å². The second kappa shape index (κ2) is 4.57. The number of carbonyl (C=O) groups is 1. The molecule has 0 spiro atoms. The van der Waals surface area contributed by atoms with Crippen LogP contribution >= 0.6 is 22.6 Å². The third-order valence-corrected chi connectivity index (χ3v) is 2.11. The Kier molecular flexibility index (Phi) is 3.68. The fraction of sp³-hybridized carbons (Fsp3) is 0.111. The van der Waals surface area contributed by atoms with Crippen molar-refractivity contribution in [2.75, 3.05) is 7.11 Å². The summed E-state index contributed by atoms with van der Waals surface area (Å²) in [4.78, 5) is 11.1. The lowest BCUT2D eigenvalue weighted by atomic mass is 10.1. The van der Waals surface area contributed by atoms with Crippen molar-refractivity contribution in [2.24, 2.45) is 0 Å². The Labute approximate surface area is 89.9 Å². The molecule has 1 rings (SSSR count). The average molecular weight is 291 g/mol. The van der Waals surface area contributed by atoms with Gasteiger partial charge in [0.15, 0.2) is 0 Å². The maximum atomic E-state index is 11.1. The molecule has 13 heavy (non-hydrogen) atoms. The number of rotatable bonds is 2. The van der Waals surface area contributed by atoms with Crippen LogP contribution in [0.1, 0.15) is 15.9 Å². The predicted molar refractivity (Wildman–Crippen MR) is 55.8 cm³/mol. The van der Waals surface area contributed by atoms with Crippen molar-refractivity contribution in [3.63, 3.8) is 0 Å². The van der Waals surface area contributed by atoms with Gasteiger partial charge in [-0.3, -0.25) is 0 Å². The molecule has 0 fully saturated rings. The summed E-state index contributed by atoms with van der Waals surface area (Å²) in [5.41, 5.74) is 1.03. The van der Waals surface area contributed by atoms with Crippen molar-refractivity contribution in [1.29, 1.82) is 0 Å². The topological polar surface area (TPSA) is 46.5 Å². The molecule has 0 unspecified atom stereocenters. The van der Waals surface area contributed by atoms with E-state index in [0.717, 1.165) is 10.2 Å². The van der Waals surface area contributed by atoms with Crippen LogP contribution in [0.25, 0.3) is 0 Å². The zero-order chi connectivity index (χ0) is 9.84. The molecule has 0 amide bonds. The Morgan fingerprint density at radius 2 is 2.23 bits per heavy atom. The summed E-state index contributed by atoms with van der Waals surface area (Å²) in [5.74, 6) is -0.401. The molecule has 0 aliphatic carbocycles. The number of methoxy groups -OCH3 is 1. The highest BCUT2D eigenvalue weighted by molar-refractivity contribution is 14.1. The molecule has 0 heterocycles. The lowest BCUT2D eigenvalue weighted by Gasteiger charge is -2.02. The third-order valence-electron chi connectivity index (χ3n) is 1.49. The molecular formula is C9H8IO3. The van der Waals surface area contributed by atoms with Gasteiger partial charge in [-0.2, -0.15) is 0 Å². The van der Waals surface area contributed by atoms with Crippen molar-refractivity contribution < 1.29 is 14.6 Å². The summed E-state index contributed by atoms with van der Waals surface area (Å²) < 4.78 is 5.43. The first-order chi connectivity index (χ1) is 6.17. The van der Waals surface area contributed by atoms with Gasteiger partial charge in [0.1, 0.15) is 6.61 Å². The number of halogens is 1. The summed E-state index contributed by atoms with van der Waals surface area (Å²) in [6, 6.07) is 5.01. The van der Waals surface area contributed by atoms with E-state index in [1.165, 1.54) is 7.11 Å². The minimum Gasteiger partial charge on any atom is -0.465 e. The van der Waals surface area contributed by atoms with E-state index in [4.69, 9.17) is 5.11 Å². The third kappa shape index (κ3) is 2.67. The number of hydrogen-bond donors (Lipinski definition) is 1. The van der Waals surface area contributed by atoms with Crippen molar-refractivity contribution >= 4 is 28.6 Å². The minimum absolute atomic E-state index is 0.401. The Bertz CT molecular complexity index is 323. The minimum atomic E-state index is -0.401. The molecule has 69 valence electrons. The highest BCUT2D eigenvalue weighted by Crippen LogP contribution is 2.13. The molecule has 1 aromatic carbocycles. The van der Waals surface area contributed by atoms with Crippen molar-refractivity contribution in [2.45, 2.75) is 0 Å². The van der Waals surface area contributed by atoms with Crippen LogP contribution in [-0.4, -0.2) is 18.2 Å². The molecule has 0 bridgehead atoms. The van der Waals surface area contributed by atoms with Gasteiger partial charge in [0.2, 0.25) is 0 Å². The Morgan fingerprint density at radius 3 is 2.77 bits per heavy atom. The highest BCUT2D eigenvalue weighted by Gasteiger charge is 2.07. The molecule has 1 N–H and O–H groups in total. The van der Waals surface area contributed by atoms with Crippen molar-refractivity contribution in [1.82, 2.24) is 0 Å². The number of aliphatic hydroxyl groups excluding tert-OH is 1. The van der Waals surface area contributed by atoms with Crippen LogP contribution in [0.3, 0.4) is 0 Å². The van der Waals surface area contributed by atoms with E-state index in [9.17, 15) is 4.79 Å². The Hall–Kier alpha value is -0.620. The van der Waals surface area contributed by atoms with E-state index in [1.54, 1.807) is 18.2 Å². The quantitative estimate of drug-likeness (QED) is 0.669. The van der Waals surface area contributed by atoms with Gasteiger partial charge < -0.3 is 9.84 Å². The van der Waals surface area contributed by atoms with E-state index < -0.39 is 5.97 Å². The first-order valence-electron chi connectivity index (χ1n) is 3.53. The Morgan fingerprint density at radius 1 is 1.54 bits per heavy atom. The normalized spacial score (nSPS) is 9.77. The lowest BCUT2D eigenvalue weighted by Crippen LogP contribution is -2.02. The van der Waals surface area contributed by atoms with E-state index in [-0.39, 0.29) is 0 Å². The summed E-state index contributed by atoms with van der Waals surface area (Å²) in [7, 11) is 1.32. The highest BCUT2D eigenvalue weighted by atomic mass is 127. The number of esters is 1. The molecular weight excluding hydrogens is 283 g/mol. The number of hydrogen-bond acceptors (Lipinski definition) is 3. The summed E-state index contributed by atoms with van der Waals surface area (Å²) >= 11 is 2.07. The molecule has 3 nitrogen and oxygen atoms in total. The van der Waals surface area contributed by atoms with Crippen LogP contribution in [-0.2, 0) is 4.74 Å². The van der Waals surface area contributed by atoms with Gasteiger partial charge in [-0.1, -0.05) is 0 Å². The summed E-state index contributed by atoms with van der Waals surface area (Å²) in [6.45, 7) is 0.953. The van der Waals surface area contributed by atoms with Crippen LogP contribution in [0.4, 0.5) is 0 Å². The van der Waals surface area contributed by atoms with Crippen LogP contribution < -0.4 is 0 Å². The SMILES string of the molecule is COC(=O)c1cc(I)cc([CH]O)c1. The lowest BCUT2D eigenvalue weighted by molar-refractivity contribution is 0.0600. The molecule has 1 aromatic rings. The molecule has 0 atom stereocenters. The van der Waals surface area contributed by atoms with Gasteiger partial charge in [-0.15, -0.1) is 0 Å². The zero-order valence-electron chi connectivity index (χ0n) is 6.95. The number of carbonyl (C=O) groups excluding carboxylic acids is 1. The monoisotopic (exact) mass is 291 g/mol. The average Bonchev–Trinajstić information content (AvgIpc) is 2.15. The van der Waals surface area contributed by atoms with E-state index >= 15 is 0 Å². The second-order valence-electron chi connectivity index (χ2n) is 2.39. The second-order valence-corrected chi connectivity index (χ2v) is 3.64. The first kappa shape index (κ1) is 10.5. The fourth-order valence-corrected chi connectivity index (χ4v) is 1.62. The van der Waals surface area contributed by atoms with Crippen LogP contribution in [0.2, 0.25) is 0 Å². The molecule has 0 aliphatic rings. The standard InChI is InChI=1S/C9H8IO3/c1-13-9(12)7-2-6(5-11)3-8(10)4-7/h2-5,11H,1H3. The predicted octanol–water partition coefficient (Wildman–Crippen LogP) is 1.96. The zero-order valence-corrected chi connectivity index (χ0v) is 9.11. The van der Waals surface area contributed by atoms with Crippen LogP contribution in [0, 0.1) is 10.2 Å². The summed E-state index contributed by atoms with van der Waals surface area (Å²) in [5, 5.41) is 8.76. The summed E-state index contributed by atoms with van der Waals surface area (Å²) in [6.07, 6.45) is 0. The maximum Gasteiger partial charge on any atom is 0.337 e. The molecule has 4 heteroatoms. The fourth-order valence-electron chi connectivity index (χ4n) is 0.923. The Balaban J connectivity index is 3.08. The van der Waals surface area contributed by atoms with Gasteiger partial charge in [-0.05, 0) is 46.4 Å². The maximum absolute atomic E-state index is 11.1. The number of aliphatic hydroxyl groups is 1. The number of benzene rings is 1. The number of ether oxygens (including phenoxy) is 1. The van der Waals surface area contributed by atoms with Gasteiger partial charge in [0.25, 0.3) is 0 Å². The van der Waals surface area contributed by atoms with Gasteiger partial charge in [0.05, 0.1) is 12.7 Å².